The Hall–Kier alpha value is -17.6. The molecule has 0 bridgehead atoms. The SMILES string of the molecule is c1ccc(-c2ccc(-c3ccc(-n4c5ccccc5c5ccc6c7ccccc7n(-c7nc(-c8ccccc8)nc(-c8ccc(-c9cccc(-c%10cccc(-c%11ccc(-c%12ccc(-n%13c%14ccccc%14c%14ccc%15c%16ccccc%16n(-c%16nc(-c%17ccc(-c%18ccccc%18)cc%17)nc(-c%17ccc(-c%18ccccc%18)cc%17)n%16)c%15c%14%13)cc%12)cc%11)c%10)c9)cc8)n7)c6c54)cc3)cc2)cc1. The third kappa shape index (κ3) is 13.0. The lowest BCUT2D eigenvalue weighted by Crippen LogP contribution is -2.07. The molecule has 0 atom stereocenters. The summed E-state index contributed by atoms with van der Waals surface area (Å²) in [5.74, 6) is 3.38. The molecule has 130 heavy (non-hydrogen) atoms. The number of hydrogen-bond donors (Lipinski definition) is 0. The Balaban J connectivity index is 0.523. The average molecular weight is 1660 g/mol. The van der Waals surface area contributed by atoms with Crippen LogP contribution in [0.1, 0.15) is 0 Å². The lowest BCUT2D eigenvalue weighted by Gasteiger charge is -2.14. The summed E-state index contributed by atoms with van der Waals surface area (Å²) in [7, 11) is 0. The maximum atomic E-state index is 5.52. The highest BCUT2D eigenvalue weighted by molar-refractivity contribution is 6.25. The molecule has 10 heteroatoms. The molecule has 0 aliphatic carbocycles. The molecule has 0 N–H and O–H groups in total. The molecule has 10 nitrogen and oxygen atoms in total. The zero-order chi connectivity index (χ0) is 85.7. The predicted octanol–water partition coefficient (Wildman–Crippen LogP) is 30.4. The van der Waals surface area contributed by atoms with E-state index in [1.54, 1.807) is 0 Å². The number of para-hydroxylation sites is 4. The third-order valence-electron chi connectivity index (χ3n) is 25.8. The van der Waals surface area contributed by atoms with E-state index in [0.717, 1.165) is 199 Å². The molecule has 0 saturated heterocycles. The first-order valence-corrected chi connectivity index (χ1v) is 44.0. The number of aromatic nitrogens is 10. The van der Waals surface area contributed by atoms with Crippen molar-refractivity contribution in [3.05, 3.63) is 461 Å². The van der Waals surface area contributed by atoms with Crippen LogP contribution in [0.5, 0.6) is 0 Å². The van der Waals surface area contributed by atoms with Gasteiger partial charge >= 0.3 is 0 Å². The van der Waals surface area contributed by atoms with Gasteiger partial charge in [0.2, 0.25) is 11.9 Å². The Morgan fingerprint density at radius 1 is 0.123 bits per heavy atom. The number of rotatable bonds is 16. The fourth-order valence-corrected chi connectivity index (χ4v) is 19.4. The van der Waals surface area contributed by atoms with Crippen molar-refractivity contribution in [2.45, 2.75) is 0 Å². The highest BCUT2D eigenvalue weighted by atomic mass is 15.2. The molecule has 0 spiro atoms. The normalized spacial score (nSPS) is 11.7. The van der Waals surface area contributed by atoms with Gasteiger partial charge in [0.15, 0.2) is 23.3 Å². The molecule has 19 aromatic carbocycles. The Bertz CT molecular complexity index is 8580. The van der Waals surface area contributed by atoms with Crippen LogP contribution in [0.25, 0.3) is 245 Å². The third-order valence-corrected chi connectivity index (χ3v) is 25.8. The molecule has 606 valence electrons. The van der Waals surface area contributed by atoms with E-state index in [2.05, 4.69) is 449 Å². The van der Waals surface area contributed by atoms with Crippen LogP contribution < -0.4 is 0 Å². The van der Waals surface area contributed by atoms with Crippen molar-refractivity contribution in [3.8, 4) is 158 Å². The summed E-state index contributed by atoms with van der Waals surface area (Å²) < 4.78 is 9.38. The Morgan fingerprint density at radius 2 is 0.308 bits per heavy atom. The molecule has 0 saturated carbocycles. The van der Waals surface area contributed by atoms with Gasteiger partial charge in [0.25, 0.3) is 0 Å². The van der Waals surface area contributed by atoms with Gasteiger partial charge in [0.05, 0.1) is 44.1 Å². The highest BCUT2D eigenvalue weighted by Gasteiger charge is 2.28. The molecule has 0 amide bonds. The van der Waals surface area contributed by atoms with Crippen molar-refractivity contribution >= 4 is 87.2 Å². The summed E-state index contributed by atoms with van der Waals surface area (Å²) in [5, 5.41) is 8.99. The number of benzene rings is 19. The molecule has 0 fully saturated rings. The molecular formula is C120H76N10. The minimum Gasteiger partial charge on any atom is -0.307 e. The van der Waals surface area contributed by atoms with Gasteiger partial charge in [-0.25, -0.2) is 9.97 Å². The average Bonchev–Trinajstić information content (AvgIpc) is 1.55. The topological polar surface area (TPSA) is 97.1 Å². The summed E-state index contributed by atoms with van der Waals surface area (Å²) >= 11 is 0. The van der Waals surface area contributed by atoms with E-state index in [1.807, 2.05) is 30.3 Å². The van der Waals surface area contributed by atoms with Crippen LogP contribution in [-0.2, 0) is 0 Å². The first-order chi connectivity index (χ1) is 64.4. The minimum atomic E-state index is 0.529. The van der Waals surface area contributed by atoms with E-state index in [0.29, 0.717) is 35.2 Å². The fraction of sp³-hybridized carbons (Fsp3) is 0. The van der Waals surface area contributed by atoms with E-state index in [-0.39, 0.29) is 0 Å². The van der Waals surface area contributed by atoms with Gasteiger partial charge in [-0.05, 0) is 150 Å². The largest absolute Gasteiger partial charge is 0.307 e. The second-order valence-electron chi connectivity index (χ2n) is 33.3. The molecule has 6 aromatic heterocycles. The first kappa shape index (κ1) is 75.0. The molecule has 0 aliphatic heterocycles. The van der Waals surface area contributed by atoms with Crippen molar-refractivity contribution in [3.63, 3.8) is 0 Å². The van der Waals surface area contributed by atoms with E-state index >= 15 is 0 Å². The Kier molecular flexibility index (Phi) is 18.0. The van der Waals surface area contributed by atoms with Crippen LogP contribution in [0.3, 0.4) is 0 Å². The van der Waals surface area contributed by atoms with Gasteiger partial charge in [-0.3, -0.25) is 9.13 Å². The molecule has 6 heterocycles. The minimum absolute atomic E-state index is 0.529. The lowest BCUT2D eigenvalue weighted by atomic mass is 9.95. The van der Waals surface area contributed by atoms with E-state index < -0.39 is 0 Å². The second kappa shape index (κ2) is 31.3. The van der Waals surface area contributed by atoms with E-state index in [1.165, 1.54) is 11.1 Å². The maximum Gasteiger partial charge on any atom is 0.238 e. The fourth-order valence-electron chi connectivity index (χ4n) is 19.4. The second-order valence-corrected chi connectivity index (χ2v) is 33.3. The predicted molar refractivity (Wildman–Crippen MR) is 536 cm³/mol. The summed E-state index contributed by atoms with van der Waals surface area (Å²) in [6, 6.07) is 165. The van der Waals surface area contributed by atoms with Gasteiger partial charge in [0.1, 0.15) is 0 Å². The molecule has 25 rings (SSSR count). The quantitative estimate of drug-likeness (QED) is 0.0956. The summed E-state index contributed by atoms with van der Waals surface area (Å²) in [6.45, 7) is 0. The van der Waals surface area contributed by atoms with Crippen molar-refractivity contribution < 1.29 is 0 Å². The first-order valence-electron chi connectivity index (χ1n) is 44.0. The van der Waals surface area contributed by atoms with Crippen molar-refractivity contribution in [1.29, 1.82) is 0 Å². The van der Waals surface area contributed by atoms with Crippen LogP contribution in [0, 0.1) is 0 Å². The lowest BCUT2D eigenvalue weighted by molar-refractivity contribution is 0.953. The Labute approximate surface area is 749 Å². The van der Waals surface area contributed by atoms with E-state index in [4.69, 9.17) is 29.9 Å². The molecule has 0 radical (unpaired) electrons. The summed E-state index contributed by atoms with van der Waals surface area (Å²) in [5.41, 5.74) is 32.2. The van der Waals surface area contributed by atoms with Gasteiger partial charge < -0.3 is 9.13 Å². The zero-order valence-electron chi connectivity index (χ0n) is 70.4. The monoisotopic (exact) mass is 1660 g/mol. The molecule has 0 aliphatic rings. The van der Waals surface area contributed by atoms with Crippen LogP contribution >= 0.6 is 0 Å². The van der Waals surface area contributed by atoms with Crippen molar-refractivity contribution in [2.24, 2.45) is 0 Å². The van der Waals surface area contributed by atoms with Crippen LogP contribution in [0.15, 0.2) is 461 Å². The zero-order valence-corrected chi connectivity index (χ0v) is 70.4. The van der Waals surface area contributed by atoms with Gasteiger partial charge in [-0.15, -0.1) is 0 Å². The number of nitrogens with zero attached hydrogens (tertiary/aromatic N) is 10. The van der Waals surface area contributed by atoms with Crippen molar-refractivity contribution in [1.82, 2.24) is 48.2 Å². The van der Waals surface area contributed by atoms with Crippen LogP contribution in [-0.4, -0.2) is 48.2 Å². The molecular weight excluding hydrogens is 1580 g/mol. The number of hydrogen-bond acceptors (Lipinski definition) is 6. The Morgan fingerprint density at radius 3 is 0.585 bits per heavy atom. The van der Waals surface area contributed by atoms with Gasteiger partial charge in [0, 0.05) is 76.7 Å². The molecule has 0 unspecified atom stereocenters. The standard InChI is InChI=1S/C120H76N10/c1-5-23-77(24-6-1)80-43-45-83(46-44-80)85-63-67-97(68-64-85)127-107-39-17-13-35-99(107)103-71-73-105-101-37-15-19-41-109(101)129(113(105)111(103)127)119-123-115(89-29-11-4-12-30-89)121-116(124-119)92-61-55-88(56-62-92)94-32-22-34-96(76-94)95-33-21-31-93(75-95)87-49-47-84(48-50-87)86-65-69-98(70-66-86)128-108-40-18-14-36-100(108)104-72-74-106-102-38-16-20-42-110(102)130(114(106)112(104)128)120-125-117(90-57-51-81(52-58-90)78-25-7-2-8-26-78)122-118(126-120)91-59-53-82(54-60-91)79-27-9-3-10-28-79/h1-76H. The van der Waals surface area contributed by atoms with Crippen LogP contribution in [0.4, 0.5) is 0 Å². The number of fused-ring (bicyclic) bond motifs is 14. The van der Waals surface area contributed by atoms with Crippen LogP contribution in [0.2, 0.25) is 0 Å². The van der Waals surface area contributed by atoms with Gasteiger partial charge in [-0.1, -0.05) is 400 Å². The summed E-state index contributed by atoms with van der Waals surface area (Å²) in [6.07, 6.45) is 0. The maximum absolute atomic E-state index is 5.52. The van der Waals surface area contributed by atoms with E-state index in [9.17, 15) is 0 Å². The smallest absolute Gasteiger partial charge is 0.238 e. The summed E-state index contributed by atoms with van der Waals surface area (Å²) in [4.78, 5) is 32.5. The van der Waals surface area contributed by atoms with Crippen molar-refractivity contribution in [2.75, 3.05) is 0 Å². The van der Waals surface area contributed by atoms with Gasteiger partial charge in [-0.2, -0.15) is 19.9 Å². The highest BCUT2D eigenvalue weighted by Crippen LogP contribution is 2.46. The molecule has 25 aromatic rings.